The van der Waals surface area contributed by atoms with E-state index in [1.165, 1.54) is 18.2 Å². The summed E-state index contributed by atoms with van der Waals surface area (Å²) in [5.74, 6) is -0.738. The van der Waals surface area contributed by atoms with Crippen molar-refractivity contribution in [2.24, 2.45) is 5.73 Å². The Hall–Kier alpha value is -2.60. The molecule has 1 atom stereocenters. The van der Waals surface area contributed by atoms with Gasteiger partial charge in [0.15, 0.2) is 0 Å². The quantitative estimate of drug-likeness (QED) is 0.771. The van der Waals surface area contributed by atoms with Crippen LogP contribution in [0.1, 0.15) is 23.6 Å². The normalized spacial score (nSPS) is 11.6. The van der Waals surface area contributed by atoms with Gasteiger partial charge in [0.1, 0.15) is 5.82 Å². The molecule has 0 spiro atoms. The van der Waals surface area contributed by atoms with Gasteiger partial charge in [-0.1, -0.05) is 29.8 Å². The zero-order valence-electron chi connectivity index (χ0n) is 13.0. The fourth-order valence-electron chi connectivity index (χ4n) is 2.32. The molecule has 4 N–H and O–H groups in total. The number of nitrogens with one attached hydrogen (secondary N) is 2. The van der Waals surface area contributed by atoms with Gasteiger partial charge in [-0.2, -0.15) is 0 Å². The third-order valence-electron chi connectivity index (χ3n) is 3.45. The molecule has 7 heteroatoms. The second kappa shape index (κ2) is 7.79. The van der Waals surface area contributed by atoms with Crippen molar-refractivity contribution in [1.29, 1.82) is 0 Å². The molecule has 0 aliphatic heterocycles. The molecule has 0 aliphatic rings. The molecule has 0 fully saturated rings. The average Bonchev–Trinajstić information content (AvgIpc) is 2.49. The molecule has 0 unspecified atom stereocenters. The Morgan fingerprint density at radius 2 is 1.96 bits per heavy atom. The van der Waals surface area contributed by atoms with Crippen LogP contribution in [0.3, 0.4) is 0 Å². The Bertz CT molecular complexity index is 767. The first-order valence-electron chi connectivity index (χ1n) is 7.23. The van der Waals surface area contributed by atoms with E-state index in [0.717, 1.165) is 0 Å². The Morgan fingerprint density at radius 3 is 2.58 bits per heavy atom. The minimum Gasteiger partial charge on any atom is -0.352 e. The summed E-state index contributed by atoms with van der Waals surface area (Å²) in [5, 5.41) is 5.62. The lowest BCUT2D eigenvalue weighted by Crippen LogP contribution is -2.35. The van der Waals surface area contributed by atoms with Crippen LogP contribution in [0.4, 0.5) is 14.9 Å². The highest BCUT2D eigenvalue weighted by Gasteiger charge is 2.20. The standard InChI is InChI=1S/C17H17ClFN3O2/c1-10-8-11(19)6-7-14(10)21-16(23)9-15(22-17(20)24)12-4-2-3-5-13(12)18/h2-8,15H,9H2,1H3,(H,21,23)(H3,20,22,24)/t15-/m0/s1. The lowest BCUT2D eigenvalue weighted by molar-refractivity contribution is -0.116. The lowest BCUT2D eigenvalue weighted by Gasteiger charge is -2.19. The molecule has 3 amide bonds. The first-order chi connectivity index (χ1) is 11.4. The third kappa shape index (κ3) is 4.70. The molecule has 0 radical (unpaired) electrons. The van der Waals surface area contributed by atoms with Crippen molar-refractivity contribution in [3.63, 3.8) is 0 Å². The molecule has 0 bridgehead atoms. The van der Waals surface area contributed by atoms with Gasteiger partial charge in [-0.05, 0) is 42.3 Å². The van der Waals surface area contributed by atoms with Crippen LogP contribution in [0, 0.1) is 12.7 Å². The summed E-state index contributed by atoms with van der Waals surface area (Å²) in [6, 6.07) is 9.50. The van der Waals surface area contributed by atoms with Gasteiger partial charge in [0.05, 0.1) is 12.5 Å². The Balaban J connectivity index is 2.15. The molecule has 0 saturated carbocycles. The number of nitrogens with two attached hydrogens (primary N) is 1. The van der Waals surface area contributed by atoms with Crippen molar-refractivity contribution >= 4 is 29.2 Å². The number of hydrogen-bond acceptors (Lipinski definition) is 2. The lowest BCUT2D eigenvalue weighted by atomic mass is 10.0. The monoisotopic (exact) mass is 349 g/mol. The summed E-state index contributed by atoms with van der Waals surface area (Å²) < 4.78 is 13.1. The van der Waals surface area contributed by atoms with E-state index < -0.39 is 12.1 Å². The van der Waals surface area contributed by atoms with E-state index >= 15 is 0 Å². The van der Waals surface area contributed by atoms with Crippen LogP contribution in [0.5, 0.6) is 0 Å². The molecule has 24 heavy (non-hydrogen) atoms. The fourth-order valence-corrected chi connectivity index (χ4v) is 2.59. The number of anilines is 1. The van der Waals surface area contributed by atoms with Crippen LogP contribution in [0.15, 0.2) is 42.5 Å². The van der Waals surface area contributed by atoms with Crippen molar-refractivity contribution in [2.45, 2.75) is 19.4 Å². The minimum atomic E-state index is -0.759. The minimum absolute atomic E-state index is 0.0660. The van der Waals surface area contributed by atoms with Gasteiger partial charge in [0.2, 0.25) is 5.91 Å². The molecule has 0 aromatic heterocycles. The molecule has 2 rings (SSSR count). The number of carbonyl (C=O) groups is 2. The number of benzene rings is 2. The first-order valence-corrected chi connectivity index (χ1v) is 7.61. The van der Waals surface area contributed by atoms with E-state index in [1.807, 2.05) is 0 Å². The summed E-state index contributed by atoms with van der Waals surface area (Å²) in [7, 11) is 0. The maximum absolute atomic E-state index is 13.1. The molecule has 2 aromatic rings. The van der Waals surface area contributed by atoms with Crippen LogP contribution in [-0.2, 0) is 4.79 Å². The smallest absolute Gasteiger partial charge is 0.312 e. The highest BCUT2D eigenvalue weighted by atomic mass is 35.5. The fraction of sp³-hybridized carbons (Fsp3) is 0.176. The number of urea groups is 1. The second-order valence-corrected chi connectivity index (χ2v) is 5.70. The van der Waals surface area contributed by atoms with Gasteiger partial charge in [0, 0.05) is 10.7 Å². The van der Waals surface area contributed by atoms with Crippen LogP contribution in [-0.4, -0.2) is 11.9 Å². The average molecular weight is 350 g/mol. The van der Waals surface area contributed by atoms with E-state index in [0.29, 0.717) is 21.8 Å². The summed E-state index contributed by atoms with van der Waals surface area (Å²) in [6.07, 6.45) is -0.0660. The van der Waals surface area contributed by atoms with Gasteiger partial charge in [-0.15, -0.1) is 0 Å². The number of primary amides is 1. The van der Waals surface area contributed by atoms with E-state index in [4.69, 9.17) is 17.3 Å². The van der Waals surface area contributed by atoms with E-state index in [9.17, 15) is 14.0 Å². The number of amides is 3. The maximum Gasteiger partial charge on any atom is 0.312 e. The van der Waals surface area contributed by atoms with Crippen molar-refractivity contribution in [1.82, 2.24) is 5.32 Å². The van der Waals surface area contributed by atoms with Gasteiger partial charge < -0.3 is 16.4 Å². The van der Waals surface area contributed by atoms with Gasteiger partial charge >= 0.3 is 6.03 Å². The molecule has 0 aliphatic carbocycles. The number of aryl methyl sites for hydroxylation is 1. The van der Waals surface area contributed by atoms with Crippen LogP contribution < -0.4 is 16.4 Å². The number of rotatable bonds is 5. The van der Waals surface area contributed by atoms with E-state index in [1.54, 1.807) is 31.2 Å². The zero-order chi connectivity index (χ0) is 17.7. The molecular weight excluding hydrogens is 333 g/mol. The zero-order valence-corrected chi connectivity index (χ0v) is 13.7. The summed E-state index contributed by atoms with van der Waals surface area (Å²) in [6.45, 7) is 1.69. The summed E-state index contributed by atoms with van der Waals surface area (Å²) in [4.78, 5) is 23.5. The Morgan fingerprint density at radius 1 is 1.25 bits per heavy atom. The predicted molar refractivity (Wildman–Crippen MR) is 91.3 cm³/mol. The van der Waals surface area contributed by atoms with Crippen LogP contribution in [0.25, 0.3) is 0 Å². The predicted octanol–water partition coefficient (Wildman–Crippen LogP) is 3.53. The van der Waals surface area contributed by atoms with Crippen molar-refractivity contribution in [2.75, 3.05) is 5.32 Å². The highest BCUT2D eigenvalue weighted by molar-refractivity contribution is 6.31. The number of halogens is 2. The second-order valence-electron chi connectivity index (χ2n) is 5.29. The Labute approximate surface area is 144 Å². The van der Waals surface area contributed by atoms with E-state index in [-0.39, 0.29) is 18.1 Å². The topological polar surface area (TPSA) is 84.2 Å². The van der Waals surface area contributed by atoms with Gasteiger partial charge in [-0.3, -0.25) is 4.79 Å². The Kier molecular flexibility index (Phi) is 5.76. The number of hydrogen-bond donors (Lipinski definition) is 3. The van der Waals surface area contributed by atoms with Crippen LogP contribution in [0.2, 0.25) is 5.02 Å². The third-order valence-corrected chi connectivity index (χ3v) is 3.79. The van der Waals surface area contributed by atoms with Crippen molar-refractivity contribution < 1.29 is 14.0 Å². The largest absolute Gasteiger partial charge is 0.352 e. The maximum atomic E-state index is 13.1. The summed E-state index contributed by atoms with van der Waals surface area (Å²) in [5.41, 5.74) is 6.87. The number of carbonyl (C=O) groups excluding carboxylic acids is 2. The molecule has 2 aromatic carbocycles. The van der Waals surface area contributed by atoms with Crippen molar-refractivity contribution in [3.8, 4) is 0 Å². The highest BCUT2D eigenvalue weighted by Crippen LogP contribution is 2.26. The molecule has 0 saturated heterocycles. The SMILES string of the molecule is Cc1cc(F)ccc1NC(=O)C[C@H](NC(N)=O)c1ccccc1Cl. The van der Waals surface area contributed by atoms with Gasteiger partial charge in [-0.25, -0.2) is 9.18 Å². The van der Waals surface area contributed by atoms with Crippen LogP contribution >= 0.6 is 11.6 Å². The van der Waals surface area contributed by atoms with Gasteiger partial charge in [0.25, 0.3) is 0 Å². The molecule has 126 valence electrons. The molecule has 5 nitrogen and oxygen atoms in total. The molecular formula is C17H17ClFN3O2. The first kappa shape index (κ1) is 17.7. The molecule has 0 heterocycles. The van der Waals surface area contributed by atoms with E-state index in [2.05, 4.69) is 10.6 Å². The summed E-state index contributed by atoms with van der Waals surface area (Å²) >= 11 is 6.12. The van der Waals surface area contributed by atoms with Crippen molar-refractivity contribution in [3.05, 3.63) is 64.4 Å².